The Bertz CT molecular complexity index is 587. The minimum absolute atomic E-state index is 0.129. The Kier molecular flexibility index (Phi) is 4.02. The molecule has 0 aromatic heterocycles. The van der Waals surface area contributed by atoms with Crippen molar-refractivity contribution in [3.8, 4) is 17.2 Å². The van der Waals surface area contributed by atoms with Gasteiger partial charge in [0.1, 0.15) is 5.75 Å². The number of methoxy groups -OCH3 is 1. The fourth-order valence-corrected chi connectivity index (χ4v) is 1.90. The van der Waals surface area contributed by atoms with E-state index in [0.717, 1.165) is 5.69 Å². The first kappa shape index (κ1) is 13.4. The van der Waals surface area contributed by atoms with Crippen LogP contribution in [0.25, 0.3) is 0 Å². The summed E-state index contributed by atoms with van der Waals surface area (Å²) in [5.41, 5.74) is 1.31. The summed E-state index contributed by atoms with van der Waals surface area (Å²) < 4.78 is 5.21. The number of phenols is 2. The molecule has 2 aromatic rings. The van der Waals surface area contributed by atoms with Crippen molar-refractivity contribution in [1.82, 2.24) is 0 Å². The number of ether oxygens (including phenoxy) is 1. The number of anilines is 1. The predicted octanol–water partition coefficient (Wildman–Crippen LogP) is 3.37. The lowest BCUT2D eigenvalue weighted by Crippen LogP contribution is -2.01. The molecule has 19 heavy (non-hydrogen) atoms. The van der Waals surface area contributed by atoms with Crippen LogP contribution in [0.15, 0.2) is 36.4 Å². The maximum absolute atomic E-state index is 9.71. The van der Waals surface area contributed by atoms with Gasteiger partial charge in [0.2, 0.25) is 0 Å². The number of phenolic OH excluding ortho intramolecular Hbond substituents is 2. The number of halogens is 1. The molecule has 0 spiro atoms. The van der Waals surface area contributed by atoms with Crippen molar-refractivity contribution in [2.45, 2.75) is 6.54 Å². The molecule has 0 bridgehead atoms. The maximum Gasteiger partial charge on any atom is 0.162 e. The summed E-state index contributed by atoms with van der Waals surface area (Å²) in [7, 11) is 1.57. The Hall–Kier alpha value is -2.07. The van der Waals surface area contributed by atoms with E-state index in [4.69, 9.17) is 16.3 Å². The summed E-state index contributed by atoms with van der Waals surface area (Å²) in [6, 6.07) is 10.0. The van der Waals surface area contributed by atoms with Crippen molar-refractivity contribution in [3.05, 3.63) is 47.0 Å². The first-order valence-corrected chi connectivity index (χ1v) is 6.07. The summed E-state index contributed by atoms with van der Waals surface area (Å²) in [6.07, 6.45) is 0. The molecule has 0 saturated heterocycles. The zero-order valence-corrected chi connectivity index (χ0v) is 11.1. The SMILES string of the molecule is COc1ccc(Cl)cc1NCc1cccc(O)c1O. The number of nitrogens with one attached hydrogen (secondary N) is 1. The summed E-state index contributed by atoms with van der Waals surface area (Å²) >= 11 is 5.93. The molecule has 3 N–H and O–H groups in total. The second-order valence-corrected chi connectivity index (χ2v) is 4.42. The molecule has 0 aliphatic carbocycles. The van der Waals surface area contributed by atoms with Gasteiger partial charge in [-0.25, -0.2) is 0 Å². The summed E-state index contributed by atoms with van der Waals surface area (Å²) in [6.45, 7) is 0.344. The van der Waals surface area contributed by atoms with Crippen molar-refractivity contribution < 1.29 is 14.9 Å². The van der Waals surface area contributed by atoms with Gasteiger partial charge in [0.25, 0.3) is 0 Å². The molecular formula is C14H14ClNO3. The Labute approximate surface area is 116 Å². The first-order valence-electron chi connectivity index (χ1n) is 5.69. The van der Waals surface area contributed by atoms with E-state index < -0.39 is 0 Å². The summed E-state index contributed by atoms with van der Waals surface area (Å²) in [4.78, 5) is 0. The third-order valence-corrected chi connectivity index (χ3v) is 2.96. The van der Waals surface area contributed by atoms with Gasteiger partial charge in [-0.1, -0.05) is 23.7 Å². The van der Waals surface area contributed by atoms with Gasteiger partial charge in [-0.15, -0.1) is 0 Å². The number of para-hydroxylation sites is 1. The van der Waals surface area contributed by atoms with Gasteiger partial charge >= 0.3 is 0 Å². The molecule has 0 fully saturated rings. The van der Waals surface area contributed by atoms with Gasteiger partial charge in [0, 0.05) is 17.1 Å². The Balaban J connectivity index is 2.18. The molecule has 2 rings (SSSR count). The first-order chi connectivity index (χ1) is 9.11. The molecule has 0 heterocycles. The van der Waals surface area contributed by atoms with Gasteiger partial charge < -0.3 is 20.3 Å². The topological polar surface area (TPSA) is 61.7 Å². The van der Waals surface area contributed by atoms with E-state index in [0.29, 0.717) is 22.9 Å². The largest absolute Gasteiger partial charge is 0.504 e. The predicted molar refractivity (Wildman–Crippen MR) is 75.1 cm³/mol. The zero-order valence-electron chi connectivity index (χ0n) is 10.4. The second kappa shape index (κ2) is 5.71. The lowest BCUT2D eigenvalue weighted by molar-refractivity contribution is 0.399. The number of aromatic hydroxyl groups is 2. The molecule has 5 heteroatoms. The highest BCUT2D eigenvalue weighted by atomic mass is 35.5. The monoisotopic (exact) mass is 279 g/mol. The minimum atomic E-state index is -0.141. The number of hydrogen-bond donors (Lipinski definition) is 3. The molecule has 0 unspecified atom stereocenters. The normalized spacial score (nSPS) is 10.2. The molecule has 0 amide bonds. The summed E-state index contributed by atoms with van der Waals surface area (Å²) in [5, 5.41) is 22.8. The van der Waals surface area contributed by atoms with Crippen LogP contribution in [0.1, 0.15) is 5.56 Å². The van der Waals surface area contributed by atoms with Gasteiger partial charge in [-0.3, -0.25) is 0 Å². The third-order valence-electron chi connectivity index (χ3n) is 2.73. The highest BCUT2D eigenvalue weighted by molar-refractivity contribution is 6.30. The molecule has 0 aliphatic rings. The van der Waals surface area contributed by atoms with Crippen LogP contribution in [0.4, 0.5) is 5.69 Å². The van der Waals surface area contributed by atoms with Crippen molar-refractivity contribution in [3.63, 3.8) is 0 Å². The number of benzene rings is 2. The minimum Gasteiger partial charge on any atom is -0.504 e. The second-order valence-electron chi connectivity index (χ2n) is 3.98. The van der Waals surface area contributed by atoms with Crippen molar-refractivity contribution in [2.24, 2.45) is 0 Å². The average Bonchev–Trinajstić information content (AvgIpc) is 2.40. The lowest BCUT2D eigenvalue weighted by atomic mass is 10.2. The van der Waals surface area contributed by atoms with Gasteiger partial charge in [0.05, 0.1) is 12.8 Å². The van der Waals surface area contributed by atoms with Crippen LogP contribution in [0.2, 0.25) is 5.02 Å². The van der Waals surface area contributed by atoms with Gasteiger partial charge in [0.15, 0.2) is 11.5 Å². The van der Waals surface area contributed by atoms with Crippen molar-refractivity contribution in [2.75, 3.05) is 12.4 Å². The Morgan fingerprint density at radius 2 is 2.00 bits per heavy atom. The van der Waals surface area contributed by atoms with E-state index >= 15 is 0 Å². The van der Waals surface area contributed by atoms with Crippen LogP contribution < -0.4 is 10.1 Å². The number of rotatable bonds is 4. The van der Waals surface area contributed by atoms with E-state index in [-0.39, 0.29) is 11.5 Å². The standard InChI is InChI=1S/C14H14ClNO3/c1-19-13-6-5-10(15)7-11(13)16-8-9-3-2-4-12(17)14(9)18/h2-7,16-18H,8H2,1H3. The van der Waals surface area contributed by atoms with E-state index in [2.05, 4.69) is 5.32 Å². The molecule has 0 radical (unpaired) electrons. The maximum atomic E-state index is 9.71. The van der Waals surface area contributed by atoms with Crippen LogP contribution in [0.5, 0.6) is 17.2 Å². The van der Waals surface area contributed by atoms with Crippen molar-refractivity contribution >= 4 is 17.3 Å². The molecule has 0 saturated carbocycles. The third kappa shape index (κ3) is 3.03. The van der Waals surface area contributed by atoms with Gasteiger partial charge in [-0.05, 0) is 24.3 Å². The zero-order chi connectivity index (χ0) is 13.8. The van der Waals surface area contributed by atoms with E-state index in [1.807, 2.05) is 0 Å². The number of hydrogen-bond acceptors (Lipinski definition) is 4. The fourth-order valence-electron chi connectivity index (χ4n) is 1.73. The van der Waals surface area contributed by atoms with Crippen LogP contribution in [-0.4, -0.2) is 17.3 Å². The van der Waals surface area contributed by atoms with Crippen LogP contribution in [0, 0.1) is 0 Å². The quantitative estimate of drug-likeness (QED) is 0.751. The Morgan fingerprint density at radius 1 is 1.21 bits per heavy atom. The van der Waals surface area contributed by atoms with E-state index in [9.17, 15) is 10.2 Å². The lowest BCUT2D eigenvalue weighted by Gasteiger charge is -2.12. The fraction of sp³-hybridized carbons (Fsp3) is 0.143. The van der Waals surface area contributed by atoms with E-state index in [1.54, 1.807) is 37.4 Å². The molecule has 2 aromatic carbocycles. The summed E-state index contributed by atoms with van der Waals surface area (Å²) in [5.74, 6) is 0.386. The molecule has 0 atom stereocenters. The van der Waals surface area contributed by atoms with Crippen molar-refractivity contribution in [1.29, 1.82) is 0 Å². The van der Waals surface area contributed by atoms with Crippen LogP contribution in [0.3, 0.4) is 0 Å². The Morgan fingerprint density at radius 3 is 2.74 bits per heavy atom. The van der Waals surface area contributed by atoms with E-state index in [1.165, 1.54) is 6.07 Å². The highest BCUT2D eigenvalue weighted by Gasteiger charge is 2.08. The smallest absolute Gasteiger partial charge is 0.162 e. The van der Waals surface area contributed by atoms with Crippen LogP contribution >= 0.6 is 11.6 Å². The molecule has 4 nitrogen and oxygen atoms in total. The van der Waals surface area contributed by atoms with Gasteiger partial charge in [-0.2, -0.15) is 0 Å². The average molecular weight is 280 g/mol. The molecular weight excluding hydrogens is 266 g/mol. The highest BCUT2D eigenvalue weighted by Crippen LogP contribution is 2.31. The molecule has 0 aliphatic heterocycles. The molecule has 100 valence electrons. The van der Waals surface area contributed by atoms with Crippen LogP contribution in [-0.2, 0) is 6.54 Å².